The Morgan fingerprint density at radius 1 is 0.592 bits per heavy atom. The van der Waals surface area contributed by atoms with E-state index >= 15 is 0 Å². The summed E-state index contributed by atoms with van der Waals surface area (Å²) in [6.07, 6.45) is 32.6. The van der Waals surface area contributed by atoms with Gasteiger partial charge in [-0.25, -0.2) is 0 Å². The van der Waals surface area contributed by atoms with Crippen molar-refractivity contribution >= 4 is 28.8 Å². The summed E-state index contributed by atoms with van der Waals surface area (Å²) < 4.78 is 11.4. The monoisotopic (exact) mass is 710 g/mol. The number of nitrogens with zero attached hydrogens (tertiary/aromatic N) is 1. The Morgan fingerprint density at radius 3 is 1.63 bits per heavy atom. The van der Waals surface area contributed by atoms with Crippen LogP contribution in [0, 0.1) is 5.92 Å². The Hall–Kier alpha value is -1.34. The van der Waals surface area contributed by atoms with Crippen LogP contribution in [0.1, 0.15) is 194 Å². The van der Waals surface area contributed by atoms with Crippen molar-refractivity contribution in [1.29, 1.82) is 0 Å². The second-order valence-electron chi connectivity index (χ2n) is 14.4. The highest BCUT2D eigenvalue weighted by Gasteiger charge is 2.19. The summed E-state index contributed by atoms with van der Waals surface area (Å²) in [5.41, 5.74) is 0. The van der Waals surface area contributed by atoms with E-state index in [1.54, 1.807) is 0 Å². The minimum atomic E-state index is -0.133. The van der Waals surface area contributed by atoms with Gasteiger partial charge in [-0.05, 0) is 78.3 Å². The largest absolute Gasteiger partial charge is 0.462 e. The first-order valence-corrected chi connectivity index (χ1v) is 21.6. The Bertz CT molecular complexity index is 788. The number of unbranched alkanes of at least 4 members (excludes halogenated alkanes) is 16. The molecule has 0 aliphatic carbocycles. The highest BCUT2D eigenvalue weighted by Crippen LogP contribution is 2.25. The number of carbonyl (C=O) groups is 3. The van der Waals surface area contributed by atoms with Crippen molar-refractivity contribution in [3.63, 3.8) is 0 Å². The molecule has 0 saturated heterocycles. The molecule has 1 atom stereocenters. The second kappa shape index (κ2) is 36.5. The van der Waals surface area contributed by atoms with Crippen molar-refractivity contribution < 1.29 is 23.9 Å². The number of esters is 2. The molecule has 0 radical (unpaired) electrons. The van der Waals surface area contributed by atoms with Crippen LogP contribution >= 0.6 is 11.8 Å². The SMILES string of the molecule is CCCCCC/C=C\COC(=O)CCCCCC(CCCCCC(=O)OC(CCCCCCC)CCCCCCC)C(=O)SCCN(C)C. The minimum Gasteiger partial charge on any atom is -0.462 e. The zero-order chi connectivity index (χ0) is 36.2. The summed E-state index contributed by atoms with van der Waals surface area (Å²) in [5.74, 6) is 0.673. The highest BCUT2D eigenvalue weighted by atomic mass is 32.2. The molecule has 0 rings (SSSR count). The van der Waals surface area contributed by atoms with Crippen molar-refractivity contribution in [3.05, 3.63) is 12.2 Å². The van der Waals surface area contributed by atoms with E-state index in [2.05, 4.69) is 31.7 Å². The lowest BCUT2D eigenvalue weighted by molar-refractivity contribution is -0.150. The molecule has 0 N–H and O–H groups in total. The van der Waals surface area contributed by atoms with Crippen LogP contribution in [0.3, 0.4) is 0 Å². The normalized spacial score (nSPS) is 12.3. The fourth-order valence-electron chi connectivity index (χ4n) is 6.05. The number of hydrogen-bond donors (Lipinski definition) is 0. The zero-order valence-electron chi connectivity index (χ0n) is 32.9. The van der Waals surface area contributed by atoms with Gasteiger partial charge >= 0.3 is 11.9 Å². The molecule has 0 saturated carbocycles. The van der Waals surface area contributed by atoms with Crippen LogP contribution in [0.15, 0.2) is 12.2 Å². The third-order valence-electron chi connectivity index (χ3n) is 9.27. The van der Waals surface area contributed by atoms with Gasteiger partial charge in [-0.15, -0.1) is 0 Å². The van der Waals surface area contributed by atoms with E-state index in [0.717, 1.165) is 95.8 Å². The maximum absolute atomic E-state index is 13.1. The number of rotatable bonds is 36. The third-order valence-corrected chi connectivity index (χ3v) is 10.3. The van der Waals surface area contributed by atoms with Gasteiger partial charge in [0.25, 0.3) is 0 Å². The van der Waals surface area contributed by atoms with Gasteiger partial charge in [-0.2, -0.15) is 0 Å². The van der Waals surface area contributed by atoms with E-state index in [1.165, 1.54) is 88.8 Å². The van der Waals surface area contributed by atoms with Crippen LogP contribution in [0.25, 0.3) is 0 Å². The lowest BCUT2D eigenvalue weighted by Crippen LogP contribution is -2.19. The highest BCUT2D eigenvalue weighted by molar-refractivity contribution is 8.13. The Morgan fingerprint density at radius 2 is 1.08 bits per heavy atom. The molecule has 0 aromatic heterocycles. The first kappa shape index (κ1) is 47.7. The molecule has 0 fully saturated rings. The molecule has 0 aliphatic rings. The number of carbonyl (C=O) groups excluding carboxylic acids is 3. The summed E-state index contributed by atoms with van der Waals surface area (Å²) in [4.78, 5) is 40.1. The topological polar surface area (TPSA) is 72.9 Å². The molecule has 0 aromatic rings. The molecule has 7 heteroatoms. The molecule has 6 nitrogen and oxygen atoms in total. The number of allylic oxidation sites excluding steroid dienone is 1. The van der Waals surface area contributed by atoms with Crippen LogP contribution in [-0.2, 0) is 23.9 Å². The van der Waals surface area contributed by atoms with Crippen molar-refractivity contribution in [2.45, 2.75) is 200 Å². The number of thioether (sulfide) groups is 1. The molecular weight excluding hydrogens is 631 g/mol. The first-order valence-electron chi connectivity index (χ1n) is 20.6. The van der Waals surface area contributed by atoms with Gasteiger partial charge in [-0.3, -0.25) is 14.4 Å². The van der Waals surface area contributed by atoms with Gasteiger partial charge in [0, 0.05) is 31.1 Å². The number of hydrogen-bond acceptors (Lipinski definition) is 7. The van der Waals surface area contributed by atoms with E-state index in [9.17, 15) is 14.4 Å². The molecular formula is C42H79NO5S. The molecule has 0 aliphatic heterocycles. The van der Waals surface area contributed by atoms with Gasteiger partial charge in [0.1, 0.15) is 12.7 Å². The average molecular weight is 710 g/mol. The second-order valence-corrected chi connectivity index (χ2v) is 15.5. The first-order chi connectivity index (χ1) is 23.8. The maximum atomic E-state index is 13.1. The fourth-order valence-corrected chi connectivity index (χ4v) is 7.18. The van der Waals surface area contributed by atoms with Crippen LogP contribution in [0.5, 0.6) is 0 Å². The lowest BCUT2D eigenvalue weighted by atomic mass is 9.95. The van der Waals surface area contributed by atoms with E-state index in [4.69, 9.17) is 9.47 Å². The molecule has 288 valence electrons. The summed E-state index contributed by atoms with van der Waals surface area (Å²) in [6.45, 7) is 7.95. The molecule has 0 spiro atoms. The predicted molar refractivity (Wildman–Crippen MR) is 211 cm³/mol. The van der Waals surface area contributed by atoms with Crippen LogP contribution in [-0.4, -0.2) is 61.1 Å². The smallest absolute Gasteiger partial charge is 0.306 e. The van der Waals surface area contributed by atoms with Crippen LogP contribution < -0.4 is 0 Å². The maximum Gasteiger partial charge on any atom is 0.306 e. The van der Waals surface area contributed by atoms with Crippen LogP contribution in [0.4, 0.5) is 0 Å². The van der Waals surface area contributed by atoms with Gasteiger partial charge in [0.2, 0.25) is 0 Å². The fraction of sp³-hybridized carbons (Fsp3) is 0.881. The van der Waals surface area contributed by atoms with E-state index in [0.29, 0.717) is 24.6 Å². The van der Waals surface area contributed by atoms with Crippen LogP contribution in [0.2, 0.25) is 0 Å². The summed E-state index contributed by atoms with van der Waals surface area (Å²) >= 11 is 1.46. The molecule has 1 unspecified atom stereocenters. The van der Waals surface area contributed by atoms with Crippen molar-refractivity contribution in [2.24, 2.45) is 5.92 Å². The molecule has 49 heavy (non-hydrogen) atoms. The Kier molecular flexibility index (Phi) is 35.5. The zero-order valence-corrected chi connectivity index (χ0v) is 33.7. The predicted octanol–water partition coefficient (Wildman–Crippen LogP) is 12.0. The summed E-state index contributed by atoms with van der Waals surface area (Å²) in [5, 5.41) is 0.294. The number of ether oxygens (including phenoxy) is 2. The quantitative estimate of drug-likeness (QED) is 0.0364. The van der Waals surface area contributed by atoms with Gasteiger partial charge in [0.15, 0.2) is 5.12 Å². The summed E-state index contributed by atoms with van der Waals surface area (Å²) in [6, 6.07) is 0. The van der Waals surface area contributed by atoms with E-state index in [1.807, 2.05) is 20.2 Å². The van der Waals surface area contributed by atoms with Gasteiger partial charge in [-0.1, -0.05) is 141 Å². The van der Waals surface area contributed by atoms with Crippen molar-refractivity contribution in [2.75, 3.05) is 33.0 Å². The van der Waals surface area contributed by atoms with Crippen molar-refractivity contribution in [3.8, 4) is 0 Å². The molecule has 0 heterocycles. The lowest BCUT2D eigenvalue weighted by Gasteiger charge is -2.18. The van der Waals surface area contributed by atoms with Gasteiger partial charge in [0.05, 0.1) is 0 Å². The Labute approximate surface area is 308 Å². The standard InChI is InChI=1S/C42H79NO5S/c1-6-9-12-15-16-19-28-36-47-40(44)33-26-20-22-29-38(42(46)49-37-35-43(4)5)30-23-21-27-34-41(45)48-39(31-24-17-13-10-7-2)32-25-18-14-11-8-3/h19,28,38-39H,6-18,20-27,29-37H2,1-5H3/b28-19-. The molecule has 0 amide bonds. The third kappa shape index (κ3) is 33.6. The molecule has 0 bridgehead atoms. The van der Waals surface area contributed by atoms with Crippen molar-refractivity contribution in [1.82, 2.24) is 4.90 Å². The van der Waals surface area contributed by atoms with E-state index in [-0.39, 0.29) is 24.0 Å². The Balaban J connectivity index is 4.50. The summed E-state index contributed by atoms with van der Waals surface area (Å²) in [7, 11) is 4.07. The molecule has 0 aromatic carbocycles. The average Bonchev–Trinajstić information content (AvgIpc) is 3.07. The van der Waals surface area contributed by atoms with E-state index < -0.39 is 0 Å². The minimum absolute atomic E-state index is 0.0401. The van der Waals surface area contributed by atoms with Gasteiger partial charge < -0.3 is 14.4 Å².